The summed E-state index contributed by atoms with van der Waals surface area (Å²) in [5, 5.41) is 19.4. The van der Waals surface area contributed by atoms with Crippen molar-refractivity contribution >= 4 is 28.7 Å². The maximum absolute atomic E-state index is 10.7. The third kappa shape index (κ3) is 3.51. The van der Waals surface area contributed by atoms with Crippen molar-refractivity contribution in [2.75, 3.05) is 0 Å². The summed E-state index contributed by atoms with van der Waals surface area (Å²) in [7, 11) is 0. The summed E-state index contributed by atoms with van der Waals surface area (Å²) < 4.78 is 1.72. The van der Waals surface area contributed by atoms with Crippen LogP contribution in [0.2, 0.25) is 0 Å². The van der Waals surface area contributed by atoms with Gasteiger partial charge in [-0.15, -0.1) is 0 Å². The molecule has 120 valence electrons. The van der Waals surface area contributed by atoms with Crippen molar-refractivity contribution in [1.29, 1.82) is 0 Å². The highest BCUT2D eigenvalue weighted by molar-refractivity contribution is 7.80. The van der Waals surface area contributed by atoms with Crippen LogP contribution in [0.3, 0.4) is 0 Å². The van der Waals surface area contributed by atoms with Gasteiger partial charge in [-0.25, -0.2) is 4.68 Å². The molecule has 9 heteroatoms. The normalized spacial score (nSPS) is 11.3. The first-order valence-corrected chi connectivity index (χ1v) is 7.13. The van der Waals surface area contributed by atoms with E-state index in [2.05, 4.69) is 15.6 Å². The van der Waals surface area contributed by atoms with Crippen LogP contribution in [0.15, 0.2) is 29.4 Å². The van der Waals surface area contributed by atoms with Gasteiger partial charge in [0.1, 0.15) is 0 Å². The van der Waals surface area contributed by atoms with Gasteiger partial charge in [-0.2, -0.15) is 10.2 Å². The van der Waals surface area contributed by atoms with E-state index < -0.39 is 4.92 Å². The van der Waals surface area contributed by atoms with Crippen molar-refractivity contribution < 1.29 is 4.92 Å². The van der Waals surface area contributed by atoms with Crippen LogP contribution in [0, 0.1) is 24.0 Å². The van der Waals surface area contributed by atoms with Crippen LogP contribution in [0.4, 0.5) is 5.69 Å². The molecule has 0 fully saturated rings. The lowest BCUT2D eigenvalue weighted by Crippen LogP contribution is -2.25. The summed E-state index contributed by atoms with van der Waals surface area (Å²) in [5.41, 5.74) is 11.9. The van der Waals surface area contributed by atoms with Gasteiger partial charge in [0.15, 0.2) is 5.11 Å². The first kappa shape index (κ1) is 16.6. The van der Waals surface area contributed by atoms with Gasteiger partial charge in [0, 0.05) is 17.7 Å². The molecule has 0 radical (unpaired) electrons. The number of aromatic nitrogens is 2. The van der Waals surface area contributed by atoms with Gasteiger partial charge in [-0.1, -0.05) is 0 Å². The number of thiocarbonyl (C=S) groups is 1. The van der Waals surface area contributed by atoms with Gasteiger partial charge in [-0.05, 0) is 45.1 Å². The molecule has 0 saturated carbocycles. The number of nitrogens with one attached hydrogen (secondary N) is 1. The number of nitrogens with two attached hydrogens (primary N) is 1. The van der Waals surface area contributed by atoms with Crippen LogP contribution in [-0.2, 0) is 0 Å². The number of non-ortho nitro benzene ring substituents is 1. The largest absolute Gasteiger partial charge is 0.375 e. The molecule has 0 unspecified atom stereocenters. The minimum absolute atomic E-state index is 0.0360. The molecule has 0 aliphatic heterocycles. The molecule has 2 aromatic rings. The van der Waals surface area contributed by atoms with Crippen LogP contribution in [-0.4, -0.2) is 25.5 Å². The Morgan fingerprint density at radius 3 is 2.52 bits per heavy atom. The highest BCUT2D eigenvalue weighted by Crippen LogP contribution is 2.20. The molecule has 23 heavy (non-hydrogen) atoms. The second-order valence-corrected chi connectivity index (χ2v) is 5.34. The average Bonchev–Trinajstić information content (AvgIpc) is 2.80. The van der Waals surface area contributed by atoms with E-state index in [4.69, 9.17) is 18.0 Å². The smallest absolute Gasteiger partial charge is 0.269 e. The molecule has 0 aliphatic carbocycles. The number of nitro benzene ring substituents is 1. The summed E-state index contributed by atoms with van der Waals surface area (Å²) in [5.74, 6) is 0. The SMILES string of the molecule is CC(=NNC(N)=S)c1c(C)nn(-c2ccc([N+](=O)[O-])cc2)c1C. The molecule has 0 bridgehead atoms. The summed E-state index contributed by atoms with van der Waals surface area (Å²) in [4.78, 5) is 10.3. The maximum Gasteiger partial charge on any atom is 0.269 e. The minimum atomic E-state index is -0.436. The highest BCUT2D eigenvalue weighted by Gasteiger charge is 2.16. The molecule has 8 nitrogen and oxygen atoms in total. The van der Waals surface area contributed by atoms with Gasteiger partial charge < -0.3 is 5.73 Å². The Labute approximate surface area is 138 Å². The molecular weight excluding hydrogens is 316 g/mol. The Balaban J connectivity index is 2.42. The highest BCUT2D eigenvalue weighted by atomic mass is 32.1. The summed E-state index contributed by atoms with van der Waals surface area (Å²) in [6.07, 6.45) is 0. The van der Waals surface area contributed by atoms with E-state index in [1.165, 1.54) is 12.1 Å². The number of nitro groups is 1. The van der Waals surface area contributed by atoms with E-state index in [-0.39, 0.29) is 10.8 Å². The van der Waals surface area contributed by atoms with Crippen molar-refractivity contribution in [3.63, 3.8) is 0 Å². The van der Waals surface area contributed by atoms with E-state index in [1.807, 2.05) is 20.8 Å². The molecule has 1 heterocycles. The van der Waals surface area contributed by atoms with E-state index in [0.29, 0.717) is 5.71 Å². The van der Waals surface area contributed by atoms with E-state index in [0.717, 1.165) is 22.6 Å². The number of aryl methyl sites for hydroxylation is 1. The van der Waals surface area contributed by atoms with Crippen LogP contribution < -0.4 is 11.2 Å². The van der Waals surface area contributed by atoms with Gasteiger partial charge in [0.05, 0.1) is 27.7 Å². The lowest BCUT2D eigenvalue weighted by Gasteiger charge is -2.05. The maximum atomic E-state index is 10.7. The van der Waals surface area contributed by atoms with Crippen molar-refractivity contribution in [3.05, 3.63) is 51.3 Å². The lowest BCUT2D eigenvalue weighted by molar-refractivity contribution is -0.384. The Bertz CT molecular complexity index is 794. The summed E-state index contributed by atoms with van der Waals surface area (Å²) >= 11 is 4.73. The van der Waals surface area contributed by atoms with Crippen LogP contribution in [0.1, 0.15) is 23.9 Å². The summed E-state index contributed by atoms with van der Waals surface area (Å²) in [6.45, 7) is 5.59. The number of nitrogens with zero attached hydrogens (tertiary/aromatic N) is 4. The molecule has 0 amide bonds. The van der Waals surface area contributed by atoms with Crippen LogP contribution in [0.25, 0.3) is 5.69 Å². The molecule has 0 atom stereocenters. The fourth-order valence-corrected chi connectivity index (χ4v) is 2.37. The standard InChI is InChI=1S/C14H16N6O2S/c1-8(16-17-14(15)23)13-9(2)18-19(10(13)3)11-4-6-12(7-5-11)20(21)22/h4-7H,1-3H3,(H3,15,17,23). The predicted octanol–water partition coefficient (Wildman–Crippen LogP) is 1.95. The van der Waals surface area contributed by atoms with Crippen molar-refractivity contribution in [2.45, 2.75) is 20.8 Å². The van der Waals surface area contributed by atoms with E-state index in [1.54, 1.807) is 16.8 Å². The summed E-state index contributed by atoms with van der Waals surface area (Å²) in [6, 6.07) is 6.20. The number of hydrazone groups is 1. The third-order valence-corrected chi connectivity index (χ3v) is 3.38. The Hall–Kier alpha value is -2.81. The second kappa shape index (κ2) is 6.53. The number of rotatable bonds is 4. The molecule has 2 rings (SSSR count). The van der Waals surface area contributed by atoms with Crippen molar-refractivity contribution in [1.82, 2.24) is 15.2 Å². The average molecular weight is 332 g/mol. The predicted molar refractivity (Wildman–Crippen MR) is 91.8 cm³/mol. The van der Waals surface area contributed by atoms with Crippen LogP contribution >= 0.6 is 12.2 Å². The van der Waals surface area contributed by atoms with E-state index in [9.17, 15) is 10.1 Å². The molecular formula is C14H16N6O2S. The zero-order chi connectivity index (χ0) is 17.1. The molecule has 1 aromatic heterocycles. The van der Waals surface area contributed by atoms with Gasteiger partial charge in [-0.3, -0.25) is 15.5 Å². The molecule has 3 N–H and O–H groups in total. The number of benzene rings is 1. The zero-order valence-corrected chi connectivity index (χ0v) is 13.7. The fourth-order valence-electron chi connectivity index (χ4n) is 2.33. The quantitative estimate of drug-likeness (QED) is 0.383. The molecule has 1 aromatic carbocycles. The Morgan fingerprint density at radius 1 is 1.39 bits per heavy atom. The van der Waals surface area contributed by atoms with E-state index >= 15 is 0 Å². The third-order valence-electron chi connectivity index (χ3n) is 3.29. The molecule has 0 aliphatic rings. The van der Waals surface area contributed by atoms with Gasteiger partial charge in [0.25, 0.3) is 5.69 Å². The first-order valence-electron chi connectivity index (χ1n) is 6.72. The second-order valence-electron chi connectivity index (χ2n) is 4.90. The van der Waals surface area contributed by atoms with Gasteiger partial charge >= 0.3 is 0 Å². The lowest BCUT2D eigenvalue weighted by atomic mass is 10.1. The topological polar surface area (TPSA) is 111 Å². The number of hydrogen-bond donors (Lipinski definition) is 2. The Morgan fingerprint density at radius 2 is 2.00 bits per heavy atom. The zero-order valence-electron chi connectivity index (χ0n) is 12.9. The van der Waals surface area contributed by atoms with Crippen LogP contribution in [0.5, 0.6) is 0 Å². The fraction of sp³-hybridized carbons (Fsp3) is 0.214. The molecule has 0 spiro atoms. The first-order chi connectivity index (χ1) is 10.8. The van der Waals surface area contributed by atoms with Crippen molar-refractivity contribution in [2.24, 2.45) is 10.8 Å². The number of hydrogen-bond acceptors (Lipinski definition) is 5. The van der Waals surface area contributed by atoms with Crippen molar-refractivity contribution in [3.8, 4) is 5.69 Å². The minimum Gasteiger partial charge on any atom is -0.375 e. The Kier molecular flexibility index (Phi) is 4.70. The molecule has 0 saturated heterocycles. The van der Waals surface area contributed by atoms with Gasteiger partial charge in [0.2, 0.25) is 0 Å². The monoisotopic (exact) mass is 332 g/mol.